The number of carbonyl (C=O) groups excluding carboxylic acids is 1. The van der Waals surface area contributed by atoms with Gasteiger partial charge in [0.15, 0.2) is 18.9 Å². The Kier molecular flexibility index (Phi) is 16.2. The summed E-state index contributed by atoms with van der Waals surface area (Å²) in [5.74, 6) is -2.03. The highest BCUT2D eigenvalue weighted by molar-refractivity contribution is 5.74. The lowest BCUT2D eigenvalue weighted by Crippen LogP contribution is -2.73. The van der Waals surface area contributed by atoms with E-state index >= 15 is 0 Å². The van der Waals surface area contributed by atoms with Gasteiger partial charge in [0, 0.05) is 0 Å². The Morgan fingerprint density at radius 3 is 1.88 bits per heavy atom. The molecule has 0 amide bonds. The summed E-state index contributed by atoms with van der Waals surface area (Å²) >= 11 is 0. The van der Waals surface area contributed by atoms with Crippen molar-refractivity contribution in [3.05, 3.63) is 0 Å². The van der Waals surface area contributed by atoms with E-state index in [9.17, 15) is 45.6 Å². The van der Waals surface area contributed by atoms with Gasteiger partial charge in [-0.1, -0.05) is 46.0 Å². The fraction of sp³-hybridized carbons (Fsp3) is 0.967. The standard InChI is InChI=1S/C30H57N3O15/c1-3-5-6-7-8-9-10-43-26(41)14(4-2)30(13-36)25(40)22(39)19(33)29(48-30)47-24-16(12-35)45-28(18(32)21(24)38)46-23-15(11-34)44-27(42)17(31)20(23)37/h14-25,27-29,34-40,42H,3-13,31-33H2,1-2H3/t14?,15-,16-,17-,18-,19-,20-,21-,22-,23?,24?,25+,27-,28+,29+,30+/m1/s1. The minimum Gasteiger partial charge on any atom is -0.465 e. The van der Waals surface area contributed by atoms with Crippen molar-refractivity contribution < 1.29 is 74.1 Å². The van der Waals surface area contributed by atoms with Crippen molar-refractivity contribution in [1.29, 1.82) is 0 Å². The molecular weight excluding hydrogens is 642 g/mol. The second-order valence-corrected chi connectivity index (χ2v) is 12.8. The van der Waals surface area contributed by atoms with Crippen LogP contribution in [0.1, 0.15) is 58.8 Å². The van der Waals surface area contributed by atoms with Gasteiger partial charge in [0.1, 0.15) is 54.4 Å². The Labute approximate surface area is 280 Å². The van der Waals surface area contributed by atoms with Gasteiger partial charge in [0.05, 0.1) is 50.5 Å². The molecule has 18 heteroatoms. The van der Waals surface area contributed by atoms with Gasteiger partial charge in [-0.25, -0.2) is 0 Å². The van der Waals surface area contributed by atoms with Gasteiger partial charge in [-0.3, -0.25) is 4.79 Å². The Balaban J connectivity index is 1.75. The molecular formula is C30H57N3O15. The molecule has 0 bridgehead atoms. The Bertz CT molecular complexity index is 969. The molecule has 3 unspecified atom stereocenters. The lowest BCUT2D eigenvalue weighted by Gasteiger charge is -2.52. The molecule has 3 saturated heterocycles. The summed E-state index contributed by atoms with van der Waals surface area (Å²) in [5, 5.41) is 84.2. The number of aliphatic hydroxyl groups is 8. The van der Waals surface area contributed by atoms with Crippen LogP contribution in [0, 0.1) is 5.92 Å². The number of hydrogen-bond donors (Lipinski definition) is 11. The van der Waals surface area contributed by atoms with Crippen LogP contribution >= 0.6 is 0 Å². The average molecular weight is 700 g/mol. The van der Waals surface area contributed by atoms with Crippen LogP contribution in [0.3, 0.4) is 0 Å². The number of ether oxygens (including phenoxy) is 6. The Morgan fingerprint density at radius 2 is 1.29 bits per heavy atom. The van der Waals surface area contributed by atoms with Gasteiger partial charge in [0.2, 0.25) is 0 Å². The number of aliphatic hydroxyl groups excluding tert-OH is 8. The molecule has 0 aromatic heterocycles. The number of unbranched alkanes of at least 4 members (excludes halogenated alkanes) is 5. The van der Waals surface area contributed by atoms with E-state index in [0.717, 1.165) is 32.1 Å². The molecule has 16 atom stereocenters. The van der Waals surface area contributed by atoms with Gasteiger partial charge in [0.25, 0.3) is 0 Å². The maximum Gasteiger partial charge on any atom is 0.312 e. The molecule has 0 saturated carbocycles. The highest BCUT2D eigenvalue weighted by Crippen LogP contribution is 2.39. The van der Waals surface area contributed by atoms with Crippen molar-refractivity contribution in [3.63, 3.8) is 0 Å². The van der Waals surface area contributed by atoms with Crippen LogP contribution in [0.5, 0.6) is 0 Å². The van der Waals surface area contributed by atoms with E-state index < -0.39 is 123 Å². The minimum atomic E-state index is -2.13. The van der Waals surface area contributed by atoms with Crippen LogP contribution in [0.25, 0.3) is 0 Å². The fourth-order valence-corrected chi connectivity index (χ4v) is 6.50. The van der Waals surface area contributed by atoms with Crippen molar-refractivity contribution in [3.8, 4) is 0 Å². The minimum absolute atomic E-state index is 0.0339. The molecule has 0 aromatic rings. The third kappa shape index (κ3) is 9.00. The van der Waals surface area contributed by atoms with Crippen molar-refractivity contribution in [2.24, 2.45) is 23.1 Å². The monoisotopic (exact) mass is 699 g/mol. The van der Waals surface area contributed by atoms with E-state index in [2.05, 4.69) is 6.92 Å². The van der Waals surface area contributed by atoms with Crippen molar-refractivity contribution in [1.82, 2.24) is 0 Å². The summed E-state index contributed by atoms with van der Waals surface area (Å²) in [6, 6.07) is -4.21. The van der Waals surface area contributed by atoms with Crippen molar-refractivity contribution in [2.45, 2.75) is 150 Å². The zero-order valence-corrected chi connectivity index (χ0v) is 27.6. The quantitative estimate of drug-likeness (QED) is 0.0504. The predicted octanol–water partition coefficient (Wildman–Crippen LogP) is -4.37. The number of carbonyl (C=O) groups is 1. The molecule has 3 heterocycles. The van der Waals surface area contributed by atoms with E-state index in [1.54, 1.807) is 6.92 Å². The van der Waals surface area contributed by atoms with Crippen LogP contribution in [-0.2, 0) is 33.2 Å². The third-order valence-electron chi connectivity index (χ3n) is 9.54. The molecule has 0 aliphatic carbocycles. The average Bonchev–Trinajstić information content (AvgIpc) is 3.08. The first-order valence-electron chi connectivity index (χ1n) is 16.8. The van der Waals surface area contributed by atoms with Gasteiger partial charge in [-0.2, -0.15) is 0 Å². The van der Waals surface area contributed by atoms with Crippen LogP contribution in [0.15, 0.2) is 0 Å². The highest BCUT2D eigenvalue weighted by atomic mass is 16.7. The molecule has 3 aliphatic heterocycles. The maximum absolute atomic E-state index is 13.2. The summed E-state index contributed by atoms with van der Waals surface area (Å²) < 4.78 is 34.1. The molecule has 0 radical (unpaired) electrons. The molecule has 0 aromatic carbocycles. The van der Waals surface area contributed by atoms with Gasteiger partial charge < -0.3 is 86.5 Å². The summed E-state index contributed by atoms with van der Waals surface area (Å²) in [5.41, 5.74) is 16.0. The van der Waals surface area contributed by atoms with Crippen LogP contribution in [0.2, 0.25) is 0 Å². The number of hydrogen-bond acceptors (Lipinski definition) is 18. The fourth-order valence-electron chi connectivity index (χ4n) is 6.50. The Hall–Kier alpha value is -1.17. The second kappa shape index (κ2) is 18.9. The smallest absolute Gasteiger partial charge is 0.312 e. The molecule has 3 aliphatic rings. The topological polar surface area (TPSA) is 312 Å². The highest BCUT2D eigenvalue weighted by Gasteiger charge is 2.60. The summed E-state index contributed by atoms with van der Waals surface area (Å²) in [4.78, 5) is 13.2. The molecule has 282 valence electrons. The molecule has 48 heavy (non-hydrogen) atoms. The van der Waals surface area contributed by atoms with Crippen LogP contribution in [0.4, 0.5) is 0 Å². The molecule has 0 spiro atoms. The van der Waals surface area contributed by atoms with Crippen molar-refractivity contribution in [2.75, 3.05) is 26.4 Å². The second-order valence-electron chi connectivity index (χ2n) is 12.8. The van der Waals surface area contributed by atoms with Crippen molar-refractivity contribution >= 4 is 5.97 Å². The van der Waals surface area contributed by atoms with Gasteiger partial charge in [-0.15, -0.1) is 0 Å². The third-order valence-corrected chi connectivity index (χ3v) is 9.54. The zero-order valence-electron chi connectivity index (χ0n) is 27.6. The lowest BCUT2D eigenvalue weighted by atomic mass is 9.75. The van der Waals surface area contributed by atoms with E-state index in [1.807, 2.05) is 0 Å². The summed E-state index contributed by atoms with van der Waals surface area (Å²) in [6.07, 6.45) is -11.3. The van der Waals surface area contributed by atoms with Gasteiger partial charge >= 0.3 is 5.97 Å². The SMILES string of the molecule is CCCCCCCCOC(=O)C(CC)[C@]1(CO)O[C@H](OC2[C@@H](CO)O[C@@H](OC3[C@@H](CO)O[C@@H](O)[C@H](N)[C@H]3O)[C@H](N)[C@H]2O)[C@H](N)[C@@H](O)[C@@H]1O. The first-order valence-corrected chi connectivity index (χ1v) is 16.8. The first kappa shape index (κ1) is 41.3. The van der Waals surface area contributed by atoms with Gasteiger partial charge in [-0.05, 0) is 12.8 Å². The largest absolute Gasteiger partial charge is 0.465 e. The summed E-state index contributed by atoms with van der Waals surface area (Å²) in [7, 11) is 0. The number of esters is 1. The molecule has 14 N–H and O–H groups in total. The number of rotatable bonds is 17. The molecule has 3 rings (SSSR count). The Morgan fingerprint density at radius 1 is 0.750 bits per heavy atom. The first-order chi connectivity index (χ1) is 22.8. The van der Waals surface area contributed by atoms with E-state index in [1.165, 1.54) is 0 Å². The van der Waals surface area contributed by atoms with Crippen LogP contribution in [-0.4, -0.2) is 165 Å². The summed E-state index contributed by atoms with van der Waals surface area (Å²) in [6.45, 7) is 1.43. The predicted molar refractivity (Wildman–Crippen MR) is 164 cm³/mol. The lowest BCUT2D eigenvalue weighted by molar-refractivity contribution is -0.365. The zero-order chi connectivity index (χ0) is 35.8. The van der Waals surface area contributed by atoms with E-state index in [0.29, 0.717) is 6.42 Å². The van der Waals surface area contributed by atoms with E-state index in [4.69, 9.17) is 45.6 Å². The van der Waals surface area contributed by atoms with E-state index in [-0.39, 0.29) is 13.0 Å². The maximum atomic E-state index is 13.2. The number of nitrogens with two attached hydrogens (primary N) is 3. The molecule has 3 fully saturated rings. The molecule has 18 nitrogen and oxygen atoms in total. The normalized spacial score (nSPS) is 42.8. The van der Waals surface area contributed by atoms with Crippen LogP contribution < -0.4 is 17.2 Å².